The molecule has 1 aliphatic heterocycles. The number of carbonyl (C=O) groups is 1. The number of anilines is 2. The lowest BCUT2D eigenvalue weighted by atomic mass is 10.1. The fourth-order valence-corrected chi connectivity index (χ4v) is 6.08. The topological polar surface area (TPSA) is 79.8 Å². The van der Waals surface area contributed by atoms with E-state index in [9.17, 15) is 18.0 Å². The average molecular weight is 672 g/mol. The van der Waals surface area contributed by atoms with Gasteiger partial charge in [-0.3, -0.25) is 4.79 Å². The number of alkyl halides is 3. The Balaban J connectivity index is 1.11. The van der Waals surface area contributed by atoms with Crippen LogP contribution in [-0.2, 0) is 18.3 Å². The van der Waals surface area contributed by atoms with E-state index in [-0.39, 0.29) is 5.91 Å². The summed E-state index contributed by atoms with van der Waals surface area (Å²) >= 11 is 7.76. The van der Waals surface area contributed by atoms with Crippen LogP contribution in [0.1, 0.15) is 27.0 Å². The van der Waals surface area contributed by atoms with E-state index in [4.69, 9.17) is 21.1 Å². The van der Waals surface area contributed by atoms with E-state index in [1.807, 2.05) is 35.2 Å². The van der Waals surface area contributed by atoms with Crippen molar-refractivity contribution >= 4 is 40.8 Å². The third-order valence-corrected chi connectivity index (χ3v) is 8.65. The van der Waals surface area contributed by atoms with Crippen LogP contribution in [0.2, 0.25) is 5.15 Å². The number of nitrogens with one attached hydrogen (secondary N) is 1. The molecule has 0 atom stereocenters. The molecular weight excluding hydrogens is 639 g/mol. The summed E-state index contributed by atoms with van der Waals surface area (Å²) < 4.78 is 50.1. The quantitative estimate of drug-likeness (QED) is 0.107. The van der Waals surface area contributed by atoms with Gasteiger partial charge in [-0.05, 0) is 60.0 Å². The maximum atomic E-state index is 13.2. The first-order valence-electron chi connectivity index (χ1n) is 14.6. The van der Waals surface area contributed by atoms with Gasteiger partial charge in [0.2, 0.25) is 0 Å². The van der Waals surface area contributed by atoms with Crippen LogP contribution in [-0.4, -0.2) is 62.8 Å². The van der Waals surface area contributed by atoms with Gasteiger partial charge in [-0.25, -0.2) is 9.97 Å². The first kappa shape index (κ1) is 33.2. The third-order valence-electron chi connectivity index (χ3n) is 7.53. The number of halogens is 4. The van der Waals surface area contributed by atoms with Gasteiger partial charge in [0.25, 0.3) is 5.91 Å². The Bertz CT molecular complexity index is 1650. The molecule has 1 fully saturated rings. The Morgan fingerprint density at radius 3 is 2.28 bits per heavy atom. The van der Waals surface area contributed by atoms with Crippen molar-refractivity contribution in [3.8, 4) is 11.5 Å². The summed E-state index contributed by atoms with van der Waals surface area (Å²) in [4.78, 5) is 25.7. The van der Waals surface area contributed by atoms with Gasteiger partial charge in [0.05, 0.1) is 19.8 Å². The fraction of sp³-hybridized carbons (Fsp3) is 0.303. The summed E-state index contributed by atoms with van der Waals surface area (Å²) in [6.45, 7) is 2.71. The highest BCUT2D eigenvalue weighted by Crippen LogP contribution is 2.32. The van der Waals surface area contributed by atoms with Crippen molar-refractivity contribution in [2.45, 2.75) is 23.5 Å². The van der Waals surface area contributed by atoms with Crippen LogP contribution in [0.4, 0.5) is 24.7 Å². The lowest BCUT2D eigenvalue weighted by Gasteiger charge is -2.37. The van der Waals surface area contributed by atoms with Gasteiger partial charge in [0.1, 0.15) is 11.0 Å². The van der Waals surface area contributed by atoms with E-state index >= 15 is 0 Å². The number of piperazine rings is 1. The maximum absolute atomic E-state index is 13.2. The number of aromatic nitrogens is 2. The molecule has 0 saturated carbocycles. The summed E-state index contributed by atoms with van der Waals surface area (Å²) in [6.07, 6.45) is -3.73. The highest BCUT2D eigenvalue weighted by Gasteiger charge is 2.31. The standard InChI is InChI=1S/C33H33ClF3N5O3S/c1-44-27-11-8-22(18-28(27)45-2)12-13-38-31(43)24-9-6-23(7-10-24)21-46-32-39-29(34)20-30(40-32)42-16-14-41(15-17-42)26-5-3-4-25(19-26)33(35,36)37/h3-11,18-20H,12-17,21H2,1-2H3,(H,38,43). The van der Waals surface area contributed by atoms with Gasteiger partial charge in [-0.2, -0.15) is 13.2 Å². The van der Waals surface area contributed by atoms with E-state index in [1.165, 1.54) is 23.9 Å². The molecule has 3 aromatic carbocycles. The van der Waals surface area contributed by atoms with E-state index in [0.717, 1.165) is 17.2 Å². The van der Waals surface area contributed by atoms with Crippen molar-refractivity contribution in [2.75, 3.05) is 56.7 Å². The van der Waals surface area contributed by atoms with Crippen LogP contribution in [0, 0.1) is 0 Å². The Labute approximate surface area is 274 Å². The van der Waals surface area contributed by atoms with Crippen molar-refractivity contribution < 1.29 is 27.4 Å². The molecule has 4 aromatic rings. The van der Waals surface area contributed by atoms with Crippen LogP contribution >= 0.6 is 23.4 Å². The first-order chi connectivity index (χ1) is 22.1. The van der Waals surface area contributed by atoms with E-state index < -0.39 is 11.7 Å². The van der Waals surface area contributed by atoms with Gasteiger partial charge >= 0.3 is 6.18 Å². The van der Waals surface area contributed by atoms with Crippen LogP contribution in [0.3, 0.4) is 0 Å². The van der Waals surface area contributed by atoms with Crippen LogP contribution in [0.5, 0.6) is 11.5 Å². The van der Waals surface area contributed by atoms with Gasteiger partial charge in [-0.1, -0.05) is 47.6 Å². The zero-order chi connectivity index (χ0) is 32.7. The largest absolute Gasteiger partial charge is 0.493 e. The minimum Gasteiger partial charge on any atom is -0.493 e. The summed E-state index contributed by atoms with van der Waals surface area (Å²) in [5.74, 6) is 2.39. The number of thioether (sulfide) groups is 1. The molecule has 1 aromatic heterocycles. The second-order valence-corrected chi connectivity index (χ2v) is 11.9. The molecule has 1 aliphatic rings. The molecule has 46 heavy (non-hydrogen) atoms. The Hall–Kier alpha value is -4.16. The third kappa shape index (κ3) is 8.55. The minimum atomic E-state index is -4.38. The highest BCUT2D eigenvalue weighted by atomic mass is 35.5. The molecule has 0 bridgehead atoms. The summed E-state index contributed by atoms with van der Waals surface area (Å²) in [6, 6.07) is 20.2. The normalized spacial score (nSPS) is 13.4. The Morgan fingerprint density at radius 1 is 0.891 bits per heavy atom. The van der Waals surface area contributed by atoms with Crippen molar-refractivity contribution in [3.63, 3.8) is 0 Å². The molecule has 1 N–H and O–H groups in total. The number of amides is 1. The number of rotatable bonds is 11. The van der Waals surface area contributed by atoms with Gasteiger partial charge in [0, 0.05) is 55.8 Å². The molecule has 8 nitrogen and oxygen atoms in total. The lowest BCUT2D eigenvalue weighted by Crippen LogP contribution is -2.47. The summed E-state index contributed by atoms with van der Waals surface area (Å²) in [5, 5.41) is 3.78. The van der Waals surface area contributed by atoms with Crippen molar-refractivity contribution in [1.82, 2.24) is 15.3 Å². The molecule has 1 saturated heterocycles. The highest BCUT2D eigenvalue weighted by molar-refractivity contribution is 7.98. The Kier molecular flexibility index (Phi) is 10.8. The number of ether oxygens (including phenoxy) is 2. The molecule has 13 heteroatoms. The minimum absolute atomic E-state index is 0.157. The molecule has 2 heterocycles. The molecular formula is C33H33ClF3N5O3S. The maximum Gasteiger partial charge on any atom is 0.416 e. The molecule has 0 unspecified atom stereocenters. The number of methoxy groups -OCH3 is 2. The monoisotopic (exact) mass is 671 g/mol. The lowest BCUT2D eigenvalue weighted by molar-refractivity contribution is -0.137. The fourth-order valence-electron chi connectivity index (χ4n) is 5.04. The number of hydrogen-bond donors (Lipinski definition) is 1. The van der Waals surface area contributed by atoms with Crippen molar-refractivity contribution in [1.29, 1.82) is 0 Å². The molecule has 0 aliphatic carbocycles. The SMILES string of the molecule is COc1ccc(CCNC(=O)c2ccc(CSc3nc(Cl)cc(N4CCN(c5cccc(C(F)(F)F)c5)CC4)n3)cc2)cc1OC. The smallest absolute Gasteiger partial charge is 0.416 e. The number of carbonyl (C=O) groups excluding carboxylic acids is 1. The first-order valence-corrected chi connectivity index (χ1v) is 15.9. The number of benzene rings is 3. The second kappa shape index (κ2) is 15.0. The Morgan fingerprint density at radius 2 is 1.59 bits per heavy atom. The van der Waals surface area contributed by atoms with E-state index in [1.54, 1.807) is 38.5 Å². The molecule has 1 amide bonds. The molecule has 242 valence electrons. The molecule has 0 radical (unpaired) electrons. The van der Waals surface area contributed by atoms with Gasteiger partial charge in [0.15, 0.2) is 16.7 Å². The zero-order valence-electron chi connectivity index (χ0n) is 25.3. The number of hydrogen-bond acceptors (Lipinski definition) is 8. The second-order valence-electron chi connectivity index (χ2n) is 10.5. The summed E-state index contributed by atoms with van der Waals surface area (Å²) in [7, 11) is 3.18. The number of nitrogens with zero attached hydrogens (tertiary/aromatic N) is 4. The summed E-state index contributed by atoms with van der Waals surface area (Å²) in [5.41, 5.74) is 2.47. The average Bonchev–Trinajstić information content (AvgIpc) is 3.07. The van der Waals surface area contributed by atoms with Crippen LogP contribution in [0.25, 0.3) is 0 Å². The molecule has 0 spiro atoms. The van der Waals surface area contributed by atoms with E-state index in [2.05, 4.69) is 20.2 Å². The van der Waals surface area contributed by atoms with Crippen LogP contribution in [0.15, 0.2) is 78.0 Å². The van der Waals surface area contributed by atoms with Crippen LogP contribution < -0.4 is 24.6 Å². The van der Waals surface area contributed by atoms with Crippen molar-refractivity contribution in [3.05, 3.63) is 100 Å². The predicted octanol–water partition coefficient (Wildman–Crippen LogP) is 6.76. The van der Waals surface area contributed by atoms with Crippen molar-refractivity contribution in [2.24, 2.45) is 0 Å². The molecule has 5 rings (SSSR count). The zero-order valence-corrected chi connectivity index (χ0v) is 26.9. The van der Waals surface area contributed by atoms with Gasteiger partial charge < -0.3 is 24.6 Å². The van der Waals surface area contributed by atoms with Gasteiger partial charge in [-0.15, -0.1) is 0 Å². The van der Waals surface area contributed by atoms with E-state index in [0.29, 0.717) is 83.8 Å². The predicted molar refractivity (Wildman–Crippen MR) is 174 cm³/mol.